The molecule has 6 nitrogen and oxygen atoms in total. The monoisotopic (exact) mass is 259 g/mol. The van der Waals surface area contributed by atoms with Crippen molar-refractivity contribution in [1.29, 1.82) is 0 Å². The zero-order valence-electron chi connectivity index (χ0n) is 11.3. The Bertz CT molecular complexity index is 265. The van der Waals surface area contributed by atoms with Crippen LogP contribution in [-0.2, 0) is 0 Å². The normalized spacial score (nSPS) is 17.6. The van der Waals surface area contributed by atoms with E-state index in [1.165, 1.54) is 6.92 Å². The van der Waals surface area contributed by atoms with E-state index in [4.69, 9.17) is 5.53 Å². The van der Waals surface area contributed by atoms with Gasteiger partial charge in [-0.15, -0.1) is 0 Å². The third kappa shape index (κ3) is 6.21. The second-order valence-corrected chi connectivity index (χ2v) is 4.98. The molecule has 3 atom stereocenters. The maximum absolute atomic E-state index is 10.0. The quantitative estimate of drug-likeness (QED) is 0.241. The van der Waals surface area contributed by atoms with E-state index >= 15 is 0 Å². The predicted octanol–water partition coefficient (Wildman–Crippen LogP) is 1.99. The van der Waals surface area contributed by atoms with Crippen LogP contribution in [0.25, 0.3) is 10.4 Å². The van der Waals surface area contributed by atoms with Crippen LogP contribution in [0.15, 0.2) is 5.11 Å². The summed E-state index contributed by atoms with van der Waals surface area (Å²) in [6.45, 7) is 3.15. The van der Waals surface area contributed by atoms with E-state index in [2.05, 4.69) is 16.9 Å². The third-order valence-electron chi connectivity index (χ3n) is 3.20. The molecular formula is C12H25N3O3. The summed E-state index contributed by atoms with van der Waals surface area (Å²) in [5, 5.41) is 32.6. The van der Waals surface area contributed by atoms with Crippen molar-refractivity contribution in [1.82, 2.24) is 0 Å². The molecule has 6 heteroatoms. The molecule has 1 unspecified atom stereocenters. The Morgan fingerprint density at radius 3 is 2.50 bits per heavy atom. The van der Waals surface area contributed by atoms with Gasteiger partial charge in [0.05, 0.1) is 18.2 Å². The molecule has 0 amide bonds. The maximum atomic E-state index is 10.0. The second-order valence-electron chi connectivity index (χ2n) is 4.98. The minimum atomic E-state index is -1.50. The summed E-state index contributed by atoms with van der Waals surface area (Å²) in [6.07, 6.45) is 3.79. The van der Waals surface area contributed by atoms with Gasteiger partial charge in [0.15, 0.2) is 0 Å². The van der Waals surface area contributed by atoms with Crippen molar-refractivity contribution in [2.45, 2.75) is 57.7 Å². The Hall–Kier alpha value is -0.810. The fraction of sp³-hybridized carbons (Fsp3) is 1.00. The molecule has 3 N–H and O–H groups in total. The molecule has 0 aromatic rings. The van der Waals surface area contributed by atoms with Gasteiger partial charge in [-0.05, 0) is 18.9 Å². The van der Waals surface area contributed by atoms with Crippen molar-refractivity contribution in [3.63, 3.8) is 0 Å². The lowest BCUT2D eigenvalue weighted by atomic mass is 9.85. The molecule has 0 heterocycles. The highest BCUT2D eigenvalue weighted by Crippen LogP contribution is 2.23. The van der Waals surface area contributed by atoms with Gasteiger partial charge >= 0.3 is 0 Å². The van der Waals surface area contributed by atoms with E-state index in [9.17, 15) is 15.3 Å². The molecule has 0 aromatic heterocycles. The van der Waals surface area contributed by atoms with Crippen LogP contribution in [0.3, 0.4) is 0 Å². The molecule has 0 aliphatic heterocycles. The summed E-state index contributed by atoms with van der Waals surface area (Å²) in [5.74, 6) is -0.384. The molecule has 0 aliphatic rings. The van der Waals surface area contributed by atoms with E-state index in [1.807, 2.05) is 0 Å². The summed E-state index contributed by atoms with van der Waals surface area (Å²) in [4.78, 5) is 2.57. The Labute approximate surface area is 108 Å². The molecular weight excluding hydrogens is 234 g/mol. The van der Waals surface area contributed by atoms with Crippen molar-refractivity contribution in [3.05, 3.63) is 10.4 Å². The molecule has 0 aromatic carbocycles. The first-order valence-electron chi connectivity index (χ1n) is 6.51. The average Bonchev–Trinajstić information content (AvgIpc) is 2.36. The van der Waals surface area contributed by atoms with Gasteiger partial charge in [0, 0.05) is 17.4 Å². The SMILES string of the molecule is CCCCCC[C@@H](CO)[C@@H](O)C(C)(O)CN=[N+]=[N-]. The number of hydrogen-bond acceptors (Lipinski definition) is 4. The van der Waals surface area contributed by atoms with E-state index in [-0.39, 0.29) is 19.1 Å². The van der Waals surface area contributed by atoms with Gasteiger partial charge in [0.2, 0.25) is 0 Å². The number of rotatable bonds is 10. The standard InChI is InChI=1S/C12H25N3O3/c1-3-4-5-6-7-10(8-16)11(17)12(2,18)9-14-15-13/h10-11,16-18H,3-9H2,1-2H3/t10-,11+,12?/m0/s1. The van der Waals surface area contributed by atoms with E-state index in [0.717, 1.165) is 25.7 Å². The molecule has 0 aliphatic carbocycles. The van der Waals surface area contributed by atoms with Crippen LogP contribution < -0.4 is 0 Å². The molecule has 106 valence electrons. The molecule has 0 bridgehead atoms. The lowest BCUT2D eigenvalue weighted by Crippen LogP contribution is -2.47. The fourth-order valence-electron chi connectivity index (χ4n) is 1.96. The largest absolute Gasteiger partial charge is 0.396 e. The molecule has 0 saturated heterocycles. The van der Waals surface area contributed by atoms with Gasteiger partial charge in [0.25, 0.3) is 0 Å². The van der Waals surface area contributed by atoms with Crippen molar-refractivity contribution in [2.75, 3.05) is 13.2 Å². The smallest absolute Gasteiger partial charge is 0.0937 e. The number of hydrogen-bond donors (Lipinski definition) is 3. The van der Waals surface area contributed by atoms with Crippen LogP contribution >= 0.6 is 0 Å². The van der Waals surface area contributed by atoms with E-state index < -0.39 is 11.7 Å². The minimum Gasteiger partial charge on any atom is -0.396 e. The predicted molar refractivity (Wildman–Crippen MR) is 70.0 cm³/mol. The minimum absolute atomic E-state index is 0.181. The third-order valence-corrected chi connectivity index (χ3v) is 3.20. The molecule has 0 saturated carbocycles. The number of nitrogens with zero attached hydrogens (tertiary/aromatic N) is 3. The highest BCUT2D eigenvalue weighted by Gasteiger charge is 2.35. The van der Waals surface area contributed by atoms with Gasteiger partial charge in [-0.25, -0.2) is 0 Å². The van der Waals surface area contributed by atoms with Crippen LogP contribution in [0, 0.1) is 5.92 Å². The first-order valence-corrected chi connectivity index (χ1v) is 6.51. The van der Waals surface area contributed by atoms with Gasteiger partial charge in [0.1, 0.15) is 0 Å². The first-order chi connectivity index (χ1) is 8.49. The number of unbranched alkanes of at least 4 members (excludes halogenated alkanes) is 3. The highest BCUT2D eigenvalue weighted by atomic mass is 16.3. The van der Waals surface area contributed by atoms with Gasteiger partial charge in [-0.2, -0.15) is 0 Å². The van der Waals surface area contributed by atoms with Crippen LogP contribution in [0.5, 0.6) is 0 Å². The van der Waals surface area contributed by atoms with Gasteiger partial charge < -0.3 is 15.3 Å². The number of aliphatic hydroxyl groups excluding tert-OH is 2. The first kappa shape index (κ1) is 17.2. The number of azide groups is 1. The Morgan fingerprint density at radius 2 is 2.00 bits per heavy atom. The van der Waals surface area contributed by atoms with Crippen molar-refractivity contribution in [2.24, 2.45) is 11.0 Å². The Morgan fingerprint density at radius 1 is 1.33 bits per heavy atom. The van der Waals surface area contributed by atoms with Crippen molar-refractivity contribution >= 4 is 0 Å². The molecule has 0 spiro atoms. The average molecular weight is 259 g/mol. The summed E-state index contributed by atoms with van der Waals surface area (Å²) in [7, 11) is 0. The number of aliphatic hydroxyl groups is 3. The van der Waals surface area contributed by atoms with Crippen LogP contribution in [-0.4, -0.2) is 40.2 Å². The van der Waals surface area contributed by atoms with Gasteiger partial charge in [-0.3, -0.25) is 0 Å². The zero-order chi connectivity index (χ0) is 14.0. The Balaban J connectivity index is 4.30. The molecule has 0 fully saturated rings. The van der Waals surface area contributed by atoms with Crippen LogP contribution in [0.4, 0.5) is 0 Å². The van der Waals surface area contributed by atoms with Crippen LogP contribution in [0.1, 0.15) is 46.0 Å². The maximum Gasteiger partial charge on any atom is 0.0937 e. The summed E-state index contributed by atoms with van der Waals surface area (Å²) in [5.41, 5.74) is 6.73. The lowest BCUT2D eigenvalue weighted by Gasteiger charge is -2.32. The Kier molecular flexibility index (Phi) is 8.75. The van der Waals surface area contributed by atoms with Crippen molar-refractivity contribution < 1.29 is 15.3 Å². The summed E-state index contributed by atoms with van der Waals surface area (Å²) in [6, 6.07) is 0. The summed E-state index contributed by atoms with van der Waals surface area (Å²) >= 11 is 0. The fourth-order valence-corrected chi connectivity index (χ4v) is 1.96. The van der Waals surface area contributed by atoms with E-state index in [1.54, 1.807) is 0 Å². The highest BCUT2D eigenvalue weighted by molar-refractivity contribution is 4.88. The summed E-state index contributed by atoms with van der Waals surface area (Å²) < 4.78 is 0. The topological polar surface area (TPSA) is 109 Å². The second kappa shape index (κ2) is 9.16. The molecule has 0 radical (unpaired) electrons. The zero-order valence-corrected chi connectivity index (χ0v) is 11.3. The van der Waals surface area contributed by atoms with E-state index in [0.29, 0.717) is 6.42 Å². The molecule has 0 rings (SSSR count). The van der Waals surface area contributed by atoms with Crippen LogP contribution in [0.2, 0.25) is 0 Å². The van der Waals surface area contributed by atoms with Crippen molar-refractivity contribution in [3.8, 4) is 0 Å². The lowest BCUT2D eigenvalue weighted by molar-refractivity contribution is -0.0935. The van der Waals surface area contributed by atoms with Gasteiger partial charge in [-0.1, -0.05) is 37.7 Å². The molecule has 18 heavy (non-hydrogen) atoms.